The summed E-state index contributed by atoms with van der Waals surface area (Å²) in [6.07, 6.45) is 0.914. The van der Waals surface area contributed by atoms with Crippen molar-refractivity contribution in [2.75, 3.05) is 13.7 Å². The highest BCUT2D eigenvalue weighted by Crippen LogP contribution is 2.16. The Hall–Kier alpha value is -2.27. The highest BCUT2D eigenvalue weighted by atomic mass is 16.5. The van der Waals surface area contributed by atoms with Crippen molar-refractivity contribution >= 4 is 0 Å². The van der Waals surface area contributed by atoms with Crippen LogP contribution in [0.1, 0.15) is 30.9 Å². The first-order valence-electron chi connectivity index (χ1n) is 7.77. The van der Waals surface area contributed by atoms with Crippen LogP contribution in [-0.4, -0.2) is 29.8 Å². The Bertz CT molecular complexity index is 679. The predicted octanol–water partition coefficient (Wildman–Crippen LogP) is 2.41. The number of hydrogen-bond donors (Lipinski definition) is 3. The molecule has 0 saturated carbocycles. The number of H-pyrrole nitrogens is 1. The molecule has 2 aromatic rings. The predicted molar refractivity (Wildman–Crippen MR) is 91.3 cm³/mol. The van der Waals surface area contributed by atoms with Crippen molar-refractivity contribution in [3.8, 4) is 11.6 Å². The van der Waals surface area contributed by atoms with Crippen LogP contribution in [0.4, 0.5) is 0 Å². The summed E-state index contributed by atoms with van der Waals surface area (Å²) in [6, 6.07) is 11.5. The Labute approximate surface area is 136 Å². The maximum Gasteiger partial charge on any atom is 0.250 e. The van der Waals surface area contributed by atoms with Crippen LogP contribution in [0.5, 0.6) is 11.6 Å². The molecule has 5 heteroatoms. The topological polar surface area (TPSA) is 74.3 Å². The summed E-state index contributed by atoms with van der Waals surface area (Å²) in [4.78, 5) is 13.7. The molecule has 0 amide bonds. The molecule has 0 radical (unpaired) electrons. The van der Waals surface area contributed by atoms with Crippen LogP contribution in [0.2, 0.25) is 0 Å². The van der Waals surface area contributed by atoms with Gasteiger partial charge in [0.05, 0.1) is 7.11 Å². The van der Waals surface area contributed by atoms with Crippen molar-refractivity contribution in [1.82, 2.24) is 10.3 Å². The van der Waals surface area contributed by atoms with E-state index in [9.17, 15) is 9.90 Å². The maximum atomic E-state index is 11.4. The smallest absolute Gasteiger partial charge is 0.250 e. The third kappa shape index (κ3) is 5.14. The highest BCUT2D eigenvalue weighted by Gasteiger charge is 2.10. The van der Waals surface area contributed by atoms with Gasteiger partial charge in [-0.15, -0.1) is 0 Å². The lowest BCUT2D eigenvalue weighted by atomic mass is 10.0. The summed E-state index contributed by atoms with van der Waals surface area (Å²) in [5, 5.41) is 12.9. The third-order valence-electron chi connectivity index (χ3n) is 3.89. The minimum atomic E-state index is -0.280. The lowest BCUT2D eigenvalue weighted by molar-refractivity contribution is 0.414. The van der Waals surface area contributed by atoms with Crippen LogP contribution in [0.25, 0.3) is 0 Å². The second-order valence-corrected chi connectivity index (χ2v) is 5.93. The molecule has 0 aliphatic carbocycles. The Kier molecular flexibility index (Phi) is 5.82. The number of pyridine rings is 1. The van der Waals surface area contributed by atoms with Crippen molar-refractivity contribution in [3.05, 3.63) is 57.9 Å². The molecular formula is C18H24N2O3. The van der Waals surface area contributed by atoms with Crippen molar-refractivity contribution in [2.24, 2.45) is 0 Å². The van der Waals surface area contributed by atoms with Gasteiger partial charge in [-0.3, -0.25) is 9.78 Å². The number of methoxy groups -OCH3 is 1. The summed E-state index contributed by atoms with van der Waals surface area (Å²) < 4.78 is 5.16. The second kappa shape index (κ2) is 7.83. The molecule has 23 heavy (non-hydrogen) atoms. The summed E-state index contributed by atoms with van der Waals surface area (Å²) >= 11 is 0. The molecular weight excluding hydrogens is 292 g/mol. The first kappa shape index (κ1) is 17.1. The first-order valence-corrected chi connectivity index (χ1v) is 7.77. The van der Waals surface area contributed by atoms with E-state index in [1.807, 2.05) is 19.1 Å². The Balaban J connectivity index is 1.87. The average molecular weight is 316 g/mol. The van der Waals surface area contributed by atoms with Crippen molar-refractivity contribution in [1.29, 1.82) is 0 Å². The molecule has 0 spiro atoms. The molecule has 0 saturated heterocycles. The molecule has 1 aromatic carbocycles. The lowest BCUT2D eigenvalue weighted by Gasteiger charge is -2.18. The van der Waals surface area contributed by atoms with Gasteiger partial charge in [0.15, 0.2) is 5.88 Å². The summed E-state index contributed by atoms with van der Waals surface area (Å²) in [5.41, 5.74) is 1.79. The van der Waals surface area contributed by atoms with E-state index in [1.165, 1.54) is 11.6 Å². The number of ether oxygens (including phenoxy) is 1. The van der Waals surface area contributed by atoms with Crippen molar-refractivity contribution in [3.63, 3.8) is 0 Å². The van der Waals surface area contributed by atoms with Gasteiger partial charge in [-0.1, -0.05) is 19.1 Å². The number of aromatic amines is 1. The normalized spacial score (nSPS) is 13.5. The quantitative estimate of drug-likeness (QED) is 0.733. The van der Waals surface area contributed by atoms with E-state index in [4.69, 9.17) is 4.74 Å². The van der Waals surface area contributed by atoms with Crippen molar-refractivity contribution in [2.45, 2.75) is 32.2 Å². The summed E-state index contributed by atoms with van der Waals surface area (Å²) in [6.45, 7) is 4.90. The van der Waals surface area contributed by atoms with E-state index >= 15 is 0 Å². The average Bonchev–Trinajstić information content (AvgIpc) is 2.52. The van der Waals surface area contributed by atoms with Crippen LogP contribution in [0.15, 0.2) is 41.2 Å². The number of benzene rings is 1. The molecule has 0 aliphatic heterocycles. The van der Waals surface area contributed by atoms with Gasteiger partial charge in [0, 0.05) is 24.7 Å². The maximum absolute atomic E-state index is 11.4. The van der Waals surface area contributed by atoms with E-state index in [-0.39, 0.29) is 17.4 Å². The zero-order chi connectivity index (χ0) is 16.8. The van der Waals surface area contributed by atoms with Gasteiger partial charge >= 0.3 is 0 Å². The van der Waals surface area contributed by atoms with Crippen LogP contribution < -0.4 is 15.6 Å². The van der Waals surface area contributed by atoms with Gasteiger partial charge in [-0.05, 0) is 42.5 Å². The summed E-state index contributed by atoms with van der Waals surface area (Å²) in [5.74, 6) is 0.907. The molecule has 1 aromatic heterocycles. The van der Waals surface area contributed by atoms with Gasteiger partial charge in [0.1, 0.15) is 5.75 Å². The number of rotatable bonds is 7. The van der Waals surface area contributed by atoms with Gasteiger partial charge in [-0.25, -0.2) is 0 Å². The van der Waals surface area contributed by atoms with Crippen LogP contribution in [0.3, 0.4) is 0 Å². The number of aromatic hydroxyl groups is 1. The summed E-state index contributed by atoms with van der Waals surface area (Å²) in [7, 11) is 1.66. The van der Waals surface area contributed by atoms with E-state index in [0.29, 0.717) is 6.04 Å². The standard InChI is InChI=1S/C18H24N2O3/c1-12(15-9-17(21)20-18(22)10-15)11-19-13(2)8-14-4-6-16(23-3)7-5-14/h4-7,9-10,12-13,19H,8,11H2,1-3H3,(H2,20,21,22). The Morgan fingerprint density at radius 1 is 1.22 bits per heavy atom. The highest BCUT2D eigenvalue weighted by molar-refractivity contribution is 5.27. The fourth-order valence-corrected chi connectivity index (χ4v) is 2.52. The Morgan fingerprint density at radius 3 is 2.52 bits per heavy atom. The lowest BCUT2D eigenvalue weighted by Crippen LogP contribution is -2.31. The molecule has 2 rings (SSSR count). The molecule has 2 atom stereocenters. The molecule has 5 nitrogen and oxygen atoms in total. The molecule has 1 heterocycles. The van der Waals surface area contributed by atoms with E-state index in [0.717, 1.165) is 24.3 Å². The number of aromatic nitrogens is 1. The molecule has 124 valence electrons. The third-order valence-corrected chi connectivity index (χ3v) is 3.89. The minimum Gasteiger partial charge on any atom is -0.497 e. The molecule has 0 bridgehead atoms. The number of hydrogen-bond acceptors (Lipinski definition) is 4. The fourth-order valence-electron chi connectivity index (χ4n) is 2.52. The van der Waals surface area contributed by atoms with Crippen molar-refractivity contribution < 1.29 is 9.84 Å². The minimum absolute atomic E-state index is 0.0920. The van der Waals surface area contributed by atoms with E-state index in [2.05, 4.69) is 29.4 Å². The SMILES string of the molecule is COc1ccc(CC(C)NCC(C)c2cc(O)[nH]c(=O)c2)cc1. The van der Waals surface area contributed by atoms with E-state index < -0.39 is 0 Å². The largest absolute Gasteiger partial charge is 0.497 e. The molecule has 3 N–H and O–H groups in total. The van der Waals surface area contributed by atoms with Gasteiger partial charge < -0.3 is 15.2 Å². The molecule has 0 fully saturated rings. The molecule has 2 unspecified atom stereocenters. The monoisotopic (exact) mass is 316 g/mol. The van der Waals surface area contributed by atoms with E-state index in [1.54, 1.807) is 13.2 Å². The van der Waals surface area contributed by atoms with Gasteiger partial charge in [0.25, 0.3) is 5.56 Å². The second-order valence-electron chi connectivity index (χ2n) is 5.93. The molecule has 0 aliphatic rings. The van der Waals surface area contributed by atoms with Crippen LogP contribution in [-0.2, 0) is 6.42 Å². The fraction of sp³-hybridized carbons (Fsp3) is 0.389. The zero-order valence-electron chi connectivity index (χ0n) is 13.8. The van der Waals surface area contributed by atoms with Gasteiger partial charge in [0.2, 0.25) is 0 Å². The first-order chi connectivity index (χ1) is 11.0. The van der Waals surface area contributed by atoms with Gasteiger partial charge in [-0.2, -0.15) is 0 Å². The zero-order valence-corrected chi connectivity index (χ0v) is 13.8. The Morgan fingerprint density at radius 2 is 1.91 bits per heavy atom. The van der Waals surface area contributed by atoms with Crippen LogP contribution in [0, 0.1) is 0 Å². The number of nitrogens with one attached hydrogen (secondary N) is 2. The van der Waals surface area contributed by atoms with Crippen LogP contribution >= 0.6 is 0 Å².